The summed E-state index contributed by atoms with van der Waals surface area (Å²) in [4.78, 5) is 35.8. The zero-order chi connectivity index (χ0) is 25.4. The highest BCUT2D eigenvalue weighted by Crippen LogP contribution is 2.46. The van der Waals surface area contributed by atoms with E-state index in [4.69, 9.17) is 28.8 Å². The molecule has 0 aliphatic carbocycles. The van der Waals surface area contributed by atoms with Gasteiger partial charge in [0, 0.05) is 13.2 Å². The number of hydrogen-bond acceptors (Lipinski definition) is 5. The first-order chi connectivity index (χ1) is 15.4. The minimum Gasteiger partial charge on any atom is -0.381 e. The van der Waals surface area contributed by atoms with Gasteiger partial charge in [-0.1, -0.05) is 53.4 Å². The average Bonchev–Trinajstić information content (AvgIpc) is 2.74. The van der Waals surface area contributed by atoms with Crippen LogP contribution in [0.4, 0.5) is 0 Å². The fourth-order valence-electron chi connectivity index (χ4n) is 4.36. The molecule has 0 aliphatic rings. The van der Waals surface area contributed by atoms with E-state index in [1.807, 2.05) is 13.8 Å². The van der Waals surface area contributed by atoms with E-state index in [1.54, 1.807) is 0 Å². The van der Waals surface area contributed by atoms with Gasteiger partial charge in [-0.2, -0.15) is 0 Å². The molecule has 0 aromatic rings. The number of unbranched alkanes of at least 4 members (excludes halogenated alkanes) is 3. The Labute approximate surface area is 200 Å². The Balaban J connectivity index is 4.07. The molecular formula is C22H48O9P2. The molecule has 11 heteroatoms. The first kappa shape index (κ1) is 33.2. The summed E-state index contributed by atoms with van der Waals surface area (Å²) in [6.07, 6.45) is 11.2. The molecule has 9 nitrogen and oxygen atoms in total. The first-order valence-corrected chi connectivity index (χ1v) is 15.5. The Bertz CT molecular complexity index is 580. The Morgan fingerprint density at radius 2 is 1.06 bits per heavy atom. The van der Waals surface area contributed by atoms with E-state index in [-0.39, 0.29) is 12.0 Å². The van der Waals surface area contributed by atoms with Crippen molar-refractivity contribution in [2.24, 2.45) is 5.41 Å². The second-order valence-electron chi connectivity index (χ2n) is 8.99. The van der Waals surface area contributed by atoms with E-state index in [9.17, 15) is 9.13 Å². The van der Waals surface area contributed by atoms with Gasteiger partial charge in [0.2, 0.25) is 0 Å². The van der Waals surface area contributed by atoms with Crippen molar-refractivity contribution in [1.29, 1.82) is 0 Å². The largest absolute Gasteiger partial charge is 0.470 e. The van der Waals surface area contributed by atoms with Gasteiger partial charge in [0.15, 0.2) is 0 Å². The molecule has 200 valence electrons. The summed E-state index contributed by atoms with van der Waals surface area (Å²) in [7, 11) is -8.87. The van der Waals surface area contributed by atoms with Crippen molar-refractivity contribution in [3.63, 3.8) is 0 Å². The van der Waals surface area contributed by atoms with E-state index in [1.165, 1.54) is 0 Å². The van der Waals surface area contributed by atoms with Gasteiger partial charge < -0.3 is 24.3 Å². The molecule has 0 amide bonds. The highest BCUT2D eigenvalue weighted by Gasteiger charge is 2.34. The monoisotopic (exact) mass is 518 g/mol. The number of rotatable bonds is 22. The molecule has 0 aromatic heterocycles. The normalized spacial score (nSPS) is 13.6. The molecule has 0 fully saturated rings. The summed E-state index contributed by atoms with van der Waals surface area (Å²) in [6.45, 7) is 9.60. The summed E-state index contributed by atoms with van der Waals surface area (Å²) in [5.41, 5.74) is -0.519. The van der Waals surface area contributed by atoms with Crippen molar-refractivity contribution in [2.45, 2.75) is 117 Å². The van der Waals surface area contributed by atoms with Gasteiger partial charge in [0.05, 0.1) is 12.2 Å². The Hall–Kier alpha value is 0.180. The van der Waals surface area contributed by atoms with Crippen LogP contribution in [0.2, 0.25) is 0 Å². The van der Waals surface area contributed by atoms with E-state index in [0.29, 0.717) is 38.9 Å². The Morgan fingerprint density at radius 3 is 1.45 bits per heavy atom. The van der Waals surface area contributed by atoms with Crippen molar-refractivity contribution >= 4 is 15.6 Å². The van der Waals surface area contributed by atoms with Gasteiger partial charge in [0.1, 0.15) is 0 Å². The van der Waals surface area contributed by atoms with Crippen LogP contribution in [0.1, 0.15) is 111 Å². The average molecular weight is 519 g/mol. The molecular weight excluding hydrogens is 470 g/mol. The SMILES string of the molecule is CCC(CC)(CCCCOCCCCC(CC)(CC)OP(=O)(O)O)CCCCOP(=O)(O)O. The third kappa shape index (κ3) is 16.5. The molecule has 0 aromatic carbocycles. The van der Waals surface area contributed by atoms with Gasteiger partial charge in [0.25, 0.3) is 0 Å². The number of phosphoric ester groups is 2. The molecule has 0 saturated carbocycles. The van der Waals surface area contributed by atoms with Crippen LogP contribution in [0.5, 0.6) is 0 Å². The van der Waals surface area contributed by atoms with Crippen LogP contribution in [0.3, 0.4) is 0 Å². The summed E-state index contributed by atoms with van der Waals surface area (Å²) < 4.78 is 37.3. The van der Waals surface area contributed by atoms with Crippen LogP contribution in [0, 0.1) is 5.41 Å². The fraction of sp³-hybridized carbons (Fsp3) is 1.00. The van der Waals surface area contributed by atoms with Gasteiger partial charge in [-0.25, -0.2) is 9.13 Å². The van der Waals surface area contributed by atoms with Crippen molar-refractivity contribution in [3.05, 3.63) is 0 Å². The van der Waals surface area contributed by atoms with Gasteiger partial charge >= 0.3 is 15.6 Å². The third-order valence-corrected chi connectivity index (χ3v) is 8.02. The molecule has 0 spiro atoms. The lowest BCUT2D eigenvalue weighted by atomic mass is 9.74. The number of ether oxygens (including phenoxy) is 1. The van der Waals surface area contributed by atoms with E-state index >= 15 is 0 Å². The third-order valence-electron chi connectivity index (χ3n) is 6.88. The molecule has 0 heterocycles. The second kappa shape index (κ2) is 16.8. The highest BCUT2D eigenvalue weighted by molar-refractivity contribution is 7.46. The maximum atomic E-state index is 11.3. The molecule has 0 aliphatic heterocycles. The molecule has 33 heavy (non-hydrogen) atoms. The van der Waals surface area contributed by atoms with Crippen molar-refractivity contribution in [2.75, 3.05) is 19.8 Å². The van der Waals surface area contributed by atoms with Crippen LogP contribution in [-0.4, -0.2) is 45.0 Å². The molecule has 0 bridgehead atoms. The molecule has 0 saturated heterocycles. The predicted molar refractivity (Wildman–Crippen MR) is 130 cm³/mol. The van der Waals surface area contributed by atoms with Crippen LogP contribution in [0.25, 0.3) is 0 Å². The zero-order valence-corrected chi connectivity index (χ0v) is 22.8. The van der Waals surface area contributed by atoms with Crippen molar-refractivity contribution < 1.29 is 42.5 Å². The van der Waals surface area contributed by atoms with E-state index in [0.717, 1.165) is 57.8 Å². The molecule has 0 atom stereocenters. The summed E-state index contributed by atoms with van der Waals surface area (Å²) in [5.74, 6) is 0. The van der Waals surface area contributed by atoms with E-state index in [2.05, 4.69) is 18.4 Å². The maximum Gasteiger partial charge on any atom is 0.470 e. The number of phosphoric acid groups is 2. The second-order valence-corrected chi connectivity index (χ2v) is 11.4. The predicted octanol–water partition coefficient (Wildman–Crippen LogP) is 6.10. The van der Waals surface area contributed by atoms with Gasteiger partial charge in [-0.05, 0) is 63.2 Å². The quantitative estimate of drug-likeness (QED) is 0.0987. The van der Waals surface area contributed by atoms with Crippen molar-refractivity contribution in [1.82, 2.24) is 0 Å². The smallest absolute Gasteiger partial charge is 0.381 e. The topological polar surface area (TPSA) is 143 Å². The summed E-state index contributed by atoms with van der Waals surface area (Å²) in [5, 5.41) is 0. The minimum absolute atomic E-state index is 0.0880. The van der Waals surface area contributed by atoms with Crippen LogP contribution in [-0.2, 0) is 22.9 Å². The lowest BCUT2D eigenvalue weighted by Gasteiger charge is -2.32. The van der Waals surface area contributed by atoms with Gasteiger partial charge in [-0.3, -0.25) is 9.05 Å². The van der Waals surface area contributed by atoms with Crippen LogP contribution >= 0.6 is 15.6 Å². The van der Waals surface area contributed by atoms with Crippen LogP contribution < -0.4 is 0 Å². The highest BCUT2D eigenvalue weighted by atomic mass is 31.2. The molecule has 0 radical (unpaired) electrons. The summed E-state index contributed by atoms with van der Waals surface area (Å²) >= 11 is 0. The molecule has 0 unspecified atom stereocenters. The minimum atomic E-state index is -4.50. The Morgan fingerprint density at radius 1 is 0.606 bits per heavy atom. The van der Waals surface area contributed by atoms with Crippen molar-refractivity contribution in [3.8, 4) is 0 Å². The van der Waals surface area contributed by atoms with Gasteiger partial charge in [-0.15, -0.1) is 0 Å². The first-order valence-electron chi connectivity index (χ1n) is 12.4. The Kier molecular flexibility index (Phi) is 16.9. The van der Waals surface area contributed by atoms with Crippen LogP contribution in [0.15, 0.2) is 0 Å². The summed E-state index contributed by atoms with van der Waals surface area (Å²) in [6, 6.07) is 0. The molecule has 0 rings (SSSR count). The maximum absolute atomic E-state index is 11.3. The van der Waals surface area contributed by atoms with E-state index < -0.39 is 21.2 Å². The zero-order valence-electron chi connectivity index (χ0n) is 21.0. The number of hydrogen-bond donors (Lipinski definition) is 4. The molecule has 4 N–H and O–H groups in total. The lowest BCUT2D eigenvalue weighted by molar-refractivity contribution is 0.0153. The fourth-order valence-corrected chi connectivity index (χ4v) is 5.58. The lowest BCUT2D eigenvalue weighted by Crippen LogP contribution is -2.30. The standard InChI is InChI=1S/C22H48O9P2/c1-5-21(6-2,16-10-14-20-30-32(23,24)25)15-9-12-18-29-19-13-11-17-22(7-3,8-4)31-33(26,27)28/h5-20H2,1-4H3,(H2,23,24,25)(H2,26,27,28).